The lowest BCUT2D eigenvalue weighted by molar-refractivity contribution is 0.00288. The Morgan fingerprint density at radius 2 is 1.86 bits per heavy atom. The smallest absolute Gasteiger partial charge is 0.410 e. The van der Waals surface area contributed by atoms with Crippen LogP contribution >= 0.6 is 0 Å². The molecule has 0 radical (unpaired) electrons. The number of carbonyl (C=O) groups excluding carboxylic acids is 2. The van der Waals surface area contributed by atoms with Crippen molar-refractivity contribution in [2.75, 3.05) is 26.7 Å². The monoisotopic (exact) mass is 384 g/mol. The van der Waals surface area contributed by atoms with E-state index in [4.69, 9.17) is 4.74 Å². The van der Waals surface area contributed by atoms with Crippen LogP contribution in [0.25, 0.3) is 5.69 Å². The van der Waals surface area contributed by atoms with E-state index in [1.54, 1.807) is 42.3 Å². The average molecular weight is 384 g/mol. The summed E-state index contributed by atoms with van der Waals surface area (Å²) in [5.74, 6) is -0.913. The van der Waals surface area contributed by atoms with Gasteiger partial charge in [-0.3, -0.25) is 9.59 Å². The van der Waals surface area contributed by atoms with Gasteiger partial charge in [0, 0.05) is 39.0 Å². The second-order valence-corrected chi connectivity index (χ2v) is 7.16. The number of amides is 2. The Morgan fingerprint density at radius 1 is 1.18 bits per heavy atom. The second-order valence-electron chi connectivity index (χ2n) is 7.16. The molecule has 1 aromatic heterocycles. The summed E-state index contributed by atoms with van der Waals surface area (Å²) in [5, 5.41) is 14.2. The molecule has 2 aliphatic rings. The maximum atomic E-state index is 12.9. The highest BCUT2D eigenvalue weighted by Gasteiger charge is 2.46. The van der Waals surface area contributed by atoms with Gasteiger partial charge < -0.3 is 19.6 Å². The lowest BCUT2D eigenvalue weighted by Crippen LogP contribution is -2.49. The highest BCUT2D eigenvalue weighted by atomic mass is 16.6. The predicted molar refractivity (Wildman–Crippen MR) is 98.5 cm³/mol. The van der Waals surface area contributed by atoms with Crippen LogP contribution in [-0.4, -0.2) is 69.0 Å². The third kappa shape index (κ3) is 3.08. The summed E-state index contributed by atoms with van der Waals surface area (Å²) in [4.78, 5) is 39.9. The minimum atomic E-state index is -0.569. The number of aromatic hydroxyl groups is 1. The lowest BCUT2D eigenvalue weighted by atomic mass is 9.91. The average Bonchev–Trinajstić information content (AvgIpc) is 2.96. The van der Waals surface area contributed by atoms with Crippen molar-refractivity contribution >= 4 is 12.0 Å². The van der Waals surface area contributed by atoms with Gasteiger partial charge in [-0.2, -0.15) is 9.78 Å². The fraction of sp³-hybridized carbons (Fsp3) is 0.368. The van der Waals surface area contributed by atoms with Gasteiger partial charge in [-0.15, -0.1) is 0 Å². The molecule has 2 aromatic rings. The molecule has 1 N–H and O–H groups in total. The van der Waals surface area contributed by atoms with Crippen molar-refractivity contribution in [3.63, 3.8) is 0 Å². The molecular formula is C19H20N4O5. The maximum Gasteiger partial charge on any atom is 0.410 e. The van der Waals surface area contributed by atoms with E-state index in [9.17, 15) is 19.5 Å². The molecular weight excluding hydrogens is 364 g/mol. The molecule has 2 fully saturated rings. The summed E-state index contributed by atoms with van der Waals surface area (Å²) in [6.45, 7) is 1.23. The van der Waals surface area contributed by atoms with Crippen LogP contribution in [0.5, 0.6) is 5.75 Å². The van der Waals surface area contributed by atoms with Crippen molar-refractivity contribution in [1.29, 1.82) is 0 Å². The quantitative estimate of drug-likeness (QED) is 0.828. The number of hydrogen-bond acceptors (Lipinski definition) is 6. The molecule has 0 bridgehead atoms. The Labute approximate surface area is 160 Å². The van der Waals surface area contributed by atoms with Gasteiger partial charge in [0.15, 0.2) is 11.4 Å². The van der Waals surface area contributed by atoms with Crippen LogP contribution in [0.1, 0.15) is 23.3 Å². The number of rotatable bonds is 2. The third-order valence-corrected chi connectivity index (χ3v) is 5.22. The first-order chi connectivity index (χ1) is 13.4. The number of carbonyl (C=O) groups is 2. The Morgan fingerprint density at radius 3 is 2.46 bits per heavy atom. The van der Waals surface area contributed by atoms with E-state index in [1.807, 2.05) is 0 Å². The number of aromatic nitrogens is 2. The van der Waals surface area contributed by atoms with Crippen LogP contribution in [0.4, 0.5) is 4.79 Å². The summed E-state index contributed by atoms with van der Waals surface area (Å²) in [6.07, 6.45) is 0.663. The summed E-state index contributed by atoms with van der Waals surface area (Å²) in [5.41, 5.74) is -0.778. The first-order valence-corrected chi connectivity index (χ1v) is 9.01. The normalized spacial score (nSPS) is 18.4. The summed E-state index contributed by atoms with van der Waals surface area (Å²) >= 11 is 0. The van der Waals surface area contributed by atoms with E-state index in [-0.39, 0.29) is 11.8 Å². The Hall–Kier alpha value is -3.36. The molecule has 0 atom stereocenters. The van der Waals surface area contributed by atoms with Crippen LogP contribution in [0.2, 0.25) is 0 Å². The van der Waals surface area contributed by atoms with Crippen molar-refractivity contribution in [3.05, 3.63) is 52.4 Å². The van der Waals surface area contributed by atoms with Gasteiger partial charge in [0.2, 0.25) is 0 Å². The SMILES string of the molecule is CN1CC2(CCN(C(=O)c3nn(-c4ccccc4)c(=O)cc3O)CC2)OC1=O. The molecule has 9 nitrogen and oxygen atoms in total. The number of hydrogen-bond donors (Lipinski definition) is 1. The zero-order valence-corrected chi connectivity index (χ0v) is 15.4. The van der Waals surface area contributed by atoms with Gasteiger partial charge in [0.1, 0.15) is 5.60 Å². The Bertz CT molecular complexity index is 980. The fourth-order valence-electron chi connectivity index (χ4n) is 3.67. The zero-order valence-electron chi connectivity index (χ0n) is 15.4. The molecule has 1 aromatic carbocycles. The molecule has 4 rings (SSSR count). The Balaban J connectivity index is 1.56. The van der Waals surface area contributed by atoms with Crippen LogP contribution in [0.15, 0.2) is 41.2 Å². The number of likely N-dealkylation sites (N-methyl/N-ethyl adjacent to an activating group) is 1. The molecule has 28 heavy (non-hydrogen) atoms. The Kier molecular flexibility index (Phi) is 4.29. The molecule has 2 saturated heterocycles. The van der Waals surface area contributed by atoms with E-state index < -0.39 is 22.8 Å². The summed E-state index contributed by atoms with van der Waals surface area (Å²) in [6, 6.07) is 9.68. The van der Waals surface area contributed by atoms with E-state index in [0.717, 1.165) is 10.7 Å². The van der Waals surface area contributed by atoms with Crippen LogP contribution in [0.3, 0.4) is 0 Å². The number of nitrogens with zero attached hydrogens (tertiary/aromatic N) is 4. The van der Waals surface area contributed by atoms with Gasteiger partial charge in [-0.25, -0.2) is 4.79 Å². The first kappa shape index (κ1) is 18.0. The summed E-state index contributed by atoms with van der Waals surface area (Å²) in [7, 11) is 1.68. The van der Waals surface area contributed by atoms with Gasteiger partial charge in [0.25, 0.3) is 11.5 Å². The van der Waals surface area contributed by atoms with Gasteiger partial charge >= 0.3 is 6.09 Å². The standard InChI is InChI=1S/C19H20N4O5/c1-21-12-19(28-18(21)27)7-9-22(10-8-19)17(26)16-14(24)11-15(25)23(20-16)13-5-3-2-4-6-13/h2-6,11,24H,7-10,12H2,1H3. The third-order valence-electron chi connectivity index (χ3n) is 5.22. The number of ether oxygens (including phenoxy) is 1. The van der Waals surface area contributed by atoms with E-state index in [2.05, 4.69) is 5.10 Å². The minimum Gasteiger partial charge on any atom is -0.505 e. The number of piperidine rings is 1. The highest BCUT2D eigenvalue weighted by molar-refractivity contribution is 5.94. The van der Waals surface area contributed by atoms with Gasteiger partial charge in [-0.1, -0.05) is 18.2 Å². The molecule has 0 aliphatic carbocycles. The topological polar surface area (TPSA) is 105 Å². The van der Waals surface area contributed by atoms with Crippen molar-refractivity contribution in [2.24, 2.45) is 0 Å². The fourth-order valence-corrected chi connectivity index (χ4v) is 3.67. The number of benzene rings is 1. The van der Waals surface area contributed by atoms with E-state index in [0.29, 0.717) is 38.2 Å². The number of likely N-dealkylation sites (tertiary alicyclic amines) is 1. The molecule has 0 saturated carbocycles. The maximum absolute atomic E-state index is 12.9. The van der Waals surface area contributed by atoms with Crippen molar-refractivity contribution in [2.45, 2.75) is 18.4 Å². The van der Waals surface area contributed by atoms with E-state index in [1.165, 1.54) is 4.90 Å². The molecule has 3 heterocycles. The highest BCUT2D eigenvalue weighted by Crippen LogP contribution is 2.33. The molecule has 1 spiro atoms. The van der Waals surface area contributed by atoms with Crippen molar-refractivity contribution in [3.8, 4) is 11.4 Å². The van der Waals surface area contributed by atoms with Crippen molar-refractivity contribution in [1.82, 2.24) is 19.6 Å². The predicted octanol–water partition coefficient (Wildman–Crippen LogP) is 0.995. The van der Waals surface area contributed by atoms with Gasteiger partial charge in [-0.05, 0) is 12.1 Å². The van der Waals surface area contributed by atoms with Gasteiger partial charge in [0.05, 0.1) is 12.2 Å². The second kappa shape index (κ2) is 6.66. The summed E-state index contributed by atoms with van der Waals surface area (Å²) < 4.78 is 6.58. The first-order valence-electron chi connectivity index (χ1n) is 9.01. The molecule has 9 heteroatoms. The zero-order chi connectivity index (χ0) is 19.9. The molecule has 146 valence electrons. The van der Waals surface area contributed by atoms with E-state index >= 15 is 0 Å². The number of para-hydroxylation sites is 1. The van der Waals surface area contributed by atoms with Crippen LogP contribution in [-0.2, 0) is 4.74 Å². The van der Waals surface area contributed by atoms with Crippen molar-refractivity contribution < 1.29 is 19.4 Å². The molecule has 0 unspecified atom stereocenters. The van der Waals surface area contributed by atoms with Crippen LogP contribution < -0.4 is 5.56 Å². The van der Waals surface area contributed by atoms with Crippen LogP contribution in [0, 0.1) is 0 Å². The lowest BCUT2D eigenvalue weighted by Gasteiger charge is -2.37. The molecule has 2 amide bonds. The largest absolute Gasteiger partial charge is 0.505 e. The minimum absolute atomic E-state index is 0.181. The molecule has 2 aliphatic heterocycles.